The smallest absolute Gasteiger partial charge is 0.0511 e. The number of hydrogen-bond acceptors (Lipinski definition) is 3. The van der Waals surface area contributed by atoms with Gasteiger partial charge in [0.15, 0.2) is 0 Å². The van der Waals surface area contributed by atoms with Crippen molar-refractivity contribution in [3.8, 4) is 0 Å². The lowest BCUT2D eigenvalue weighted by Gasteiger charge is -2.43. The highest BCUT2D eigenvalue weighted by atomic mass is 79.9. The Hall–Kier alpha value is -0.580. The number of anilines is 1. The minimum absolute atomic E-state index is 0.590. The normalized spacial score (nSPS) is 24.1. The Bertz CT molecular complexity index is 437. The quantitative estimate of drug-likeness (QED) is 0.909. The van der Waals surface area contributed by atoms with Gasteiger partial charge in [0, 0.05) is 36.2 Å². The molecule has 1 fully saturated rings. The van der Waals surface area contributed by atoms with Crippen molar-refractivity contribution in [1.29, 1.82) is 0 Å². The lowest BCUT2D eigenvalue weighted by molar-refractivity contribution is 0.170. The second-order valence-electron chi connectivity index (χ2n) is 5.83. The van der Waals surface area contributed by atoms with Gasteiger partial charge in [-0.3, -0.25) is 4.90 Å². The number of nitrogens with one attached hydrogen (secondary N) is 1. The first-order valence-electron chi connectivity index (χ1n) is 7.49. The van der Waals surface area contributed by atoms with Gasteiger partial charge in [-0.25, -0.2) is 0 Å². The Morgan fingerprint density at radius 1 is 1.25 bits per heavy atom. The maximum atomic E-state index is 3.75. The summed E-state index contributed by atoms with van der Waals surface area (Å²) in [7, 11) is 2.22. The zero-order chi connectivity index (χ0) is 14.7. The van der Waals surface area contributed by atoms with Gasteiger partial charge in [0.05, 0.1) is 5.69 Å². The molecule has 1 aliphatic rings. The van der Waals surface area contributed by atoms with Gasteiger partial charge in [-0.15, -0.1) is 0 Å². The summed E-state index contributed by atoms with van der Waals surface area (Å²) in [6.45, 7) is 10.9. The third-order valence-electron chi connectivity index (χ3n) is 4.29. The standard InChI is InChI=1S/C16H26BrN3/c1-5-18-9-14-6-7-16(15(17)8-14)20-10-12(2)19(4)13(3)11-20/h6-8,12-13,18H,5,9-11H2,1-4H3. The SMILES string of the molecule is CCNCc1ccc(N2CC(C)N(C)C(C)C2)c(Br)c1. The Morgan fingerprint density at radius 3 is 2.45 bits per heavy atom. The van der Waals surface area contributed by atoms with E-state index >= 15 is 0 Å². The first-order valence-corrected chi connectivity index (χ1v) is 8.28. The molecule has 3 nitrogen and oxygen atoms in total. The van der Waals surface area contributed by atoms with E-state index in [1.165, 1.54) is 15.7 Å². The highest BCUT2D eigenvalue weighted by Gasteiger charge is 2.27. The first kappa shape index (κ1) is 15.8. The van der Waals surface area contributed by atoms with E-state index in [4.69, 9.17) is 0 Å². The van der Waals surface area contributed by atoms with Gasteiger partial charge in [0.1, 0.15) is 0 Å². The number of hydrogen-bond donors (Lipinski definition) is 1. The number of piperazine rings is 1. The van der Waals surface area contributed by atoms with Gasteiger partial charge in [-0.1, -0.05) is 13.0 Å². The first-order chi connectivity index (χ1) is 9.52. The van der Waals surface area contributed by atoms with Crippen molar-refractivity contribution in [3.63, 3.8) is 0 Å². The molecule has 2 atom stereocenters. The van der Waals surface area contributed by atoms with Crippen LogP contribution in [-0.4, -0.2) is 43.7 Å². The van der Waals surface area contributed by atoms with Gasteiger partial charge in [-0.2, -0.15) is 0 Å². The van der Waals surface area contributed by atoms with Crippen molar-refractivity contribution in [1.82, 2.24) is 10.2 Å². The van der Waals surface area contributed by atoms with Crippen molar-refractivity contribution in [2.75, 3.05) is 31.6 Å². The molecule has 1 heterocycles. The fourth-order valence-corrected chi connectivity index (χ4v) is 3.46. The number of rotatable bonds is 4. The molecular weight excluding hydrogens is 314 g/mol. The summed E-state index contributed by atoms with van der Waals surface area (Å²) in [4.78, 5) is 4.96. The van der Waals surface area contributed by atoms with Crippen LogP contribution in [0.2, 0.25) is 0 Å². The average molecular weight is 340 g/mol. The second kappa shape index (κ2) is 6.92. The van der Waals surface area contributed by atoms with Gasteiger partial charge in [0.25, 0.3) is 0 Å². The van der Waals surface area contributed by atoms with E-state index in [1.54, 1.807) is 0 Å². The van der Waals surface area contributed by atoms with Crippen molar-refractivity contribution < 1.29 is 0 Å². The van der Waals surface area contributed by atoms with Gasteiger partial charge in [0.2, 0.25) is 0 Å². The molecule has 0 aromatic heterocycles. The Balaban J connectivity index is 2.12. The van der Waals surface area contributed by atoms with Crippen LogP contribution in [0.3, 0.4) is 0 Å². The maximum Gasteiger partial charge on any atom is 0.0511 e. The molecule has 1 saturated heterocycles. The van der Waals surface area contributed by atoms with Crippen molar-refractivity contribution in [3.05, 3.63) is 28.2 Å². The third-order valence-corrected chi connectivity index (χ3v) is 4.93. The summed E-state index contributed by atoms with van der Waals surface area (Å²) in [6.07, 6.45) is 0. The van der Waals surface area contributed by atoms with Gasteiger partial charge in [-0.05, 0) is 61.1 Å². The molecule has 1 N–H and O–H groups in total. The number of likely N-dealkylation sites (N-methyl/N-ethyl adjacent to an activating group) is 1. The molecule has 20 heavy (non-hydrogen) atoms. The van der Waals surface area contributed by atoms with E-state index in [9.17, 15) is 0 Å². The molecule has 0 aliphatic carbocycles. The largest absolute Gasteiger partial charge is 0.368 e. The van der Waals surface area contributed by atoms with Crippen molar-refractivity contribution in [2.45, 2.75) is 39.4 Å². The number of nitrogens with zero attached hydrogens (tertiary/aromatic N) is 2. The number of halogens is 1. The predicted octanol–water partition coefficient (Wildman–Crippen LogP) is 3.09. The minimum atomic E-state index is 0.590. The fraction of sp³-hybridized carbons (Fsp3) is 0.625. The Labute approximate surface area is 131 Å². The molecule has 2 unspecified atom stereocenters. The molecular formula is C16H26BrN3. The lowest BCUT2D eigenvalue weighted by atomic mass is 10.1. The molecule has 1 aromatic carbocycles. The average Bonchev–Trinajstić information content (AvgIpc) is 2.42. The predicted molar refractivity (Wildman–Crippen MR) is 90.4 cm³/mol. The van der Waals surface area contributed by atoms with Crippen LogP contribution in [0.25, 0.3) is 0 Å². The minimum Gasteiger partial charge on any atom is -0.368 e. The van der Waals surface area contributed by atoms with Crippen molar-refractivity contribution >= 4 is 21.6 Å². The van der Waals surface area contributed by atoms with Crippen LogP contribution in [0.4, 0.5) is 5.69 Å². The van der Waals surface area contributed by atoms with Crippen LogP contribution in [0.1, 0.15) is 26.3 Å². The summed E-state index contributed by atoms with van der Waals surface area (Å²) < 4.78 is 1.21. The van der Waals surface area contributed by atoms with E-state index < -0.39 is 0 Å². The summed E-state index contributed by atoms with van der Waals surface area (Å²) in [5, 5.41) is 3.37. The highest BCUT2D eigenvalue weighted by Crippen LogP contribution is 2.30. The van der Waals surface area contributed by atoms with Crippen molar-refractivity contribution in [2.24, 2.45) is 0 Å². The second-order valence-corrected chi connectivity index (χ2v) is 6.69. The molecule has 1 aromatic rings. The Morgan fingerprint density at radius 2 is 1.90 bits per heavy atom. The molecule has 2 rings (SSSR count). The fourth-order valence-electron chi connectivity index (χ4n) is 2.79. The monoisotopic (exact) mass is 339 g/mol. The summed E-state index contributed by atoms with van der Waals surface area (Å²) in [6, 6.07) is 7.91. The highest BCUT2D eigenvalue weighted by molar-refractivity contribution is 9.10. The molecule has 1 aliphatic heterocycles. The zero-order valence-corrected chi connectivity index (χ0v) is 14.6. The zero-order valence-electron chi connectivity index (χ0n) is 13.0. The van der Waals surface area contributed by atoms with Crippen LogP contribution < -0.4 is 10.2 Å². The van der Waals surface area contributed by atoms with E-state index in [0.717, 1.165) is 26.2 Å². The molecule has 0 radical (unpaired) electrons. The summed E-state index contributed by atoms with van der Waals surface area (Å²) in [5.74, 6) is 0. The molecule has 4 heteroatoms. The van der Waals surface area contributed by atoms with E-state index in [-0.39, 0.29) is 0 Å². The van der Waals surface area contributed by atoms with Crippen LogP contribution in [0.5, 0.6) is 0 Å². The topological polar surface area (TPSA) is 18.5 Å². The summed E-state index contributed by atoms with van der Waals surface area (Å²) >= 11 is 3.75. The molecule has 0 spiro atoms. The van der Waals surface area contributed by atoms with E-state index in [1.807, 2.05) is 0 Å². The lowest BCUT2D eigenvalue weighted by Crippen LogP contribution is -2.55. The van der Waals surface area contributed by atoms with Crippen LogP contribution in [0.15, 0.2) is 22.7 Å². The van der Waals surface area contributed by atoms with E-state index in [0.29, 0.717) is 12.1 Å². The maximum absolute atomic E-state index is 3.75. The Kier molecular flexibility index (Phi) is 5.47. The van der Waals surface area contributed by atoms with Gasteiger partial charge >= 0.3 is 0 Å². The molecule has 0 bridgehead atoms. The van der Waals surface area contributed by atoms with E-state index in [2.05, 4.69) is 77.1 Å². The van der Waals surface area contributed by atoms with Crippen LogP contribution in [-0.2, 0) is 6.54 Å². The third kappa shape index (κ3) is 3.54. The van der Waals surface area contributed by atoms with Gasteiger partial charge < -0.3 is 10.2 Å². The molecule has 112 valence electrons. The summed E-state index contributed by atoms with van der Waals surface area (Å²) in [5.41, 5.74) is 2.65. The number of benzene rings is 1. The van der Waals surface area contributed by atoms with Crippen LogP contribution in [0, 0.1) is 0 Å². The molecule has 0 amide bonds. The molecule has 0 saturated carbocycles. The van der Waals surface area contributed by atoms with Crippen LogP contribution >= 0.6 is 15.9 Å².